The molecular weight excluding hydrogens is 711 g/mol. The SMILES string of the molecule is CC(C)(C)C(=O)/C=C(\O)C(C)(C)C.[Ir].[c-]1c2c(cc3ccccc13)Oc1cc3c4ccccc4ccc3c3ccnc-2c13. The maximum atomic E-state index is 11.5. The number of benzene rings is 5. The third kappa shape index (κ3) is 5.68. The van der Waals surface area contributed by atoms with Crippen molar-refractivity contribution in [3.05, 3.63) is 103 Å². The average Bonchev–Trinajstić information content (AvgIpc) is 2.95. The summed E-state index contributed by atoms with van der Waals surface area (Å²) in [6.07, 6.45) is 3.23. The molecule has 1 aliphatic heterocycles. The van der Waals surface area contributed by atoms with Gasteiger partial charge in [0.2, 0.25) is 0 Å². The minimum Gasteiger partial charge on any atom is -0.512 e. The van der Waals surface area contributed by atoms with Crippen molar-refractivity contribution in [2.24, 2.45) is 10.8 Å². The summed E-state index contributed by atoms with van der Waals surface area (Å²) in [5.41, 5.74) is 1.11. The normalized spacial score (nSPS) is 12.7. The number of hydrogen-bond acceptors (Lipinski definition) is 4. The van der Waals surface area contributed by atoms with E-state index in [4.69, 9.17) is 9.72 Å². The van der Waals surface area contributed by atoms with Gasteiger partial charge >= 0.3 is 0 Å². The molecule has 0 bridgehead atoms. The summed E-state index contributed by atoms with van der Waals surface area (Å²) in [4.78, 5) is 16.2. The van der Waals surface area contributed by atoms with E-state index in [1.165, 1.54) is 33.0 Å². The fraction of sp³-hybridized carbons (Fsp3) is 0.211. The van der Waals surface area contributed by atoms with Crippen LogP contribution in [0, 0.1) is 16.9 Å². The molecule has 0 spiro atoms. The average molecular weight is 745 g/mol. The van der Waals surface area contributed by atoms with Crippen LogP contribution in [0.2, 0.25) is 0 Å². The Morgan fingerprint density at radius 2 is 1.47 bits per heavy atom. The topological polar surface area (TPSA) is 59.4 Å². The zero-order valence-corrected chi connectivity index (χ0v) is 27.6. The number of allylic oxidation sites excluding steroid dienone is 2. The number of pyridine rings is 1. The number of carbonyl (C=O) groups is 1. The van der Waals surface area contributed by atoms with Gasteiger partial charge < -0.3 is 9.84 Å². The Bertz CT molecular complexity index is 2060. The monoisotopic (exact) mass is 745 g/mol. The van der Waals surface area contributed by atoms with Gasteiger partial charge in [-0.3, -0.25) is 9.78 Å². The van der Waals surface area contributed by atoms with E-state index < -0.39 is 5.41 Å². The standard InChI is InChI=1S/C27H14NO.C11H20O2.Ir/c1-2-7-18-14-24-23(13-17(18)6-1)27-26-21(11-12-28-27)20-10-9-16-5-3-4-8-19(16)22(20)15-25(26)29-24;1-10(2,3)8(12)7-9(13)11(4,5)6;/h1-12,14-15H;7,12H,1-6H3;/q-1;;/b;8-7-;. The fourth-order valence-corrected chi connectivity index (χ4v) is 5.17. The molecular formula is C38H34IrNO3-. The predicted octanol–water partition coefficient (Wildman–Crippen LogP) is 10.4. The summed E-state index contributed by atoms with van der Waals surface area (Å²) in [6, 6.07) is 31.0. The predicted molar refractivity (Wildman–Crippen MR) is 173 cm³/mol. The van der Waals surface area contributed by atoms with Gasteiger partial charge in [-0.25, -0.2) is 0 Å². The molecule has 1 aromatic heterocycles. The molecule has 219 valence electrons. The Morgan fingerprint density at radius 3 is 2.19 bits per heavy atom. The summed E-state index contributed by atoms with van der Waals surface area (Å²) in [6.45, 7) is 11.1. The van der Waals surface area contributed by atoms with E-state index in [9.17, 15) is 9.90 Å². The zero-order chi connectivity index (χ0) is 29.8. The molecule has 0 unspecified atom stereocenters. The Hall–Kier alpha value is -4.05. The first kappa shape index (κ1) is 30.4. The van der Waals surface area contributed by atoms with Gasteiger partial charge in [0.1, 0.15) is 11.5 Å². The van der Waals surface area contributed by atoms with Crippen LogP contribution in [-0.4, -0.2) is 15.9 Å². The number of aliphatic hydroxyl groups is 1. The van der Waals surface area contributed by atoms with Gasteiger partial charge in [-0.1, -0.05) is 113 Å². The third-order valence-corrected chi connectivity index (χ3v) is 7.72. The van der Waals surface area contributed by atoms with Crippen LogP contribution in [0.3, 0.4) is 0 Å². The molecule has 5 heteroatoms. The number of nitrogens with zero attached hydrogens (tertiary/aromatic N) is 1. The van der Waals surface area contributed by atoms with Crippen molar-refractivity contribution < 1.29 is 34.7 Å². The molecule has 1 N–H and O–H groups in total. The van der Waals surface area contributed by atoms with Crippen LogP contribution < -0.4 is 4.74 Å². The molecule has 0 amide bonds. The molecule has 0 atom stereocenters. The maximum Gasteiger partial charge on any atom is 0.164 e. The van der Waals surface area contributed by atoms with Crippen molar-refractivity contribution in [3.8, 4) is 22.8 Å². The minimum absolute atomic E-state index is 0. The van der Waals surface area contributed by atoms with Crippen LogP contribution in [-0.2, 0) is 24.9 Å². The van der Waals surface area contributed by atoms with E-state index in [2.05, 4.69) is 72.8 Å². The van der Waals surface area contributed by atoms with Crippen molar-refractivity contribution >= 4 is 48.9 Å². The van der Waals surface area contributed by atoms with Crippen LogP contribution in [0.1, 0.15) is 41.5 Å². The number of hydrogen-bond donors (Lipinski definition) is 1. The maximum absolute atomic E-state index is 11.5. The molecule has 4 nitrogen and oxygen atoms in total. The Kier molecular flexibility index (Phi) is 7.94. The Labute approximate surface area is 265 Å². The summed E-state index contributed by atoms with van der Waals surface area (Å²) in [5.74, 6) is 1.78. The van der Waals surface area contributed by atoms with Gasteiger partial charge in [-0.05, 0) is 39.1 Å². The van der Waals surface area contributed by atoms with Crippen LogP contribution in [0.15, 0.2) is 96.9 Å². The molecule has 0 saturated carbocycles. The summed E-state index contributed by atoms with van der Waals surface area (Å²) < 4.78 is 6.44. The van der Waals surface area contributed by atoms with Crippen molar-refractivity contribution in [1.82, 2.24) is 4.98 Å². The van der Waals surface area contributed by atoms with Crippen LogP contribution in [0.4, 0.5) is 0 Å². The van der Waals surface area contributed by atoms with E-state index in [0.717, 1.165) is 38.9 Å². The molecule has 1 aliphatic rings. The molecule has 0 saturated heterocycles. The summed E-state index contributed by atoms with van der Waals surface area (Å²) in [7, 11) is 0. The van der Waals surface area contributed by atoms with E-state index in [1.807, 2.05) is 59.9 Å². The molecule has 5 aromatic carbocycles. The molecule has 6 aromatic rings. The van der Waals surface area contributed by atoms with Crippen LogP contribution >= 0.6 is 0 Å². The minimum atomic E-state index is -0.417. The first-order chi connectivity index (χ1) is 19.9. The smallest absolute Gasteiger partial charge is 0.164 e. The van der Waals surface area contributed by atoms with Crippen LogP contribution in [0.25, 0.3) is 54.3 Å². The molecule has 43 heavy (non-hydrogen) atoms. The zero-order valence-electron chi connectivity index (χ0n) is 25.2. The number of ketones is 1. The van der Waals surface area contributed by atoms with Gasteiger partial charge in [-0.15, -0.1) is 17.5 Å². The van der Waals surface area contributed by atoms with Crippen molar-refractivity contribution in [1.29, 1.82) is 0 Å². The quantitative estimate of drug-likeness (QED) is 0.0787. The number of aliphatic hydroxyl groups excluding tert-OH is 1. The Balaban J connectivity index is 0.000000227. The van der Waals surface area contributed by atoms with E-state index in [0.29, 0.717) is 0 Å². The van der Waals surface area contributed by atoms with Gasteiger partial charge in [-0.2, -0.15) is 0 Å². The van der Waals surface area contributed by atoms with Gasteiger partial charge in [0, 0.05) is 54.3 Å². The fourth-order valence-electron chi connectivity index (χ4n) is 5.17. The third-order valence-electron chi connectivity index (χ3n) is 7.72. The van der Waals surface area contributed by atoms with Gasteiger partial charge in [0.25, 0.3) is 0 Å². The number of carbonyl (C=O) groups excluding carboxylic acids is 1. The van der Waals surface area contributed by atoms with E-state index >= 15 is 0 Å². The van der Waals surface area contributed by atoms with Crippen molar-refractivity contribution in [2.45, 2.75) is 41.5 Å². The first-order valence-corrected chi connectivity index (χ1v) is 14.2. The second-order valence-electron chi connectivity index (χ2n) is 12.9. The number of aromatic nitrogens is 1. The second kappa shape index (κ2) is 11.2. The Morgan fingerprint density at radius 1 is 0.767 bits per heavy atom. The first-order valence-electron chi connectivity index (χ1n) is 14.2. The molecule has 1 radical (unpaired) electrons. The van der Waals surface area contributed by atoms with E-state index in [-0.39, 0.29) is 37.1 Å². The number of ether oxygens (including phenoxy) is 1. The molecule has 2 heterocycles. The van der Waals surface area contributed by atoms with E-state index in [1.54, 1.807) is 0 Å². The van der Waals surface area contributed by atoms with Gasteiger partial charge in [0.15, 0.2) is 5.78 Å². The largest absolute Gasteiger partial charge is 0.512 e. The number of rotatable bonds is 1. The second-order valence-corrected chi connectivity index (χ2v) is 12.9. The van der Waals surface area contributed by atoms with Crippen molar-refractivity contribution in [3.63, 3.8) is 0 Å². The molecule has 0 aliphatic carbocycles. The van der Waals surface area contributed by atoms with Crippen LogP contribution in [0.5, 0.6) is 11.5 Å². The number of fused-ring (bicyclic) bond motifs is 7. The van der Waals surface area contributed by atoms with Gasteiger partial charge in [0.05, 0.1) is 5.75 Å². The van der Waals surface area contributed by atoms with Crippen molar-refractivity contribution in [2.75, 3.05) is 0 Å². The summed E-state index contributed by atoms with van der Waals surface area (Å²) in [5, 5.41) is 18.9. The molecule has 0 fully saturated rings. The summed E-state index contributed by atoms with van der Waals surface area (Å²) >= 11 is 0. The molecule has 7 rings (SSSR count).